The Hall–Kier alpha value is -1.78. The lowest BCUT2D eigenvalue weighted by Gasteiger charge is -2.39. The monoisotopic (exact) mass is 287 g/mol. The van der Waals surface area contributed by atoms with Crippen LogP contribution in [0.2, 0.25) is 0 Å². The van der Waals surface area contributed by atoms with Crippen LogP contribution >= 0.6 is 0 Å². The van der Waals surface area contributed by atoms with Gasteiger partial charge in [-0.1, -0.05) is 26.7 Å². The molecule has 1 aliphatic carbocycles. The number of anilines is 2. The van der Waals surface area contributed by atoms with Crippen molar-refractivity contribution in [2.24, 2.45) is 5.41 Å². The molecule has 2 heterocycles. The highest BCUT2D eigenvalue weighted by Crippen LogP contribution is 2.37. The molecule has 0 saturated heterocycles. The average Bonchev–Trinajstić information content (AvgIpc) is 2.90. The number of nitrogens with zero attached hydrogens (tertiary/aromatic N) is 3. The van der Waals surface area contributed by atoms with Crippen molar-refractivity contribution in [3.05, 3.63) is 18.6 Å². The van der Waals surface area contributed by atoms with E-state index in [-0.39, 0.29) is 0 Å². The minimum absolute atomic E-state index is 0.303. The summed E-state index contributed by atoms with van der Waals surface area (Å²) in [6, 6.07) is 0.455. The van der Waals surface area contributed by atoms with Gasteiger partial charge in [0.2, 0.25) is 0 Å². The van der Waals surface area contributed by atoms with E-state index in [1.54, 1.807) is 0 Å². The molecular formula is C16H25N5. The van der Waals surface area contributed by atoms with Crippen LogP contribution in [0.3, 0.4) is 0 Å². The van der Waals surface area contributed by atoms with Crippen LogP contribution in [0.5, 0.6) is 0 Å². The van der Waals surface area contributed by atoms with E-state index in [1.165, 1.54) is 25.7 Å². The van der Waals surface area contributed by atoms with Crippen molar-refractivity contribution >= 4 is 17.3 Å². The maximum absolute atomic E-state index is 4.72. The van der Waals surface area contributed by atoms with Gasteiger partial charge in [-0.15, -0.1) is 0 Å². The predicted octanol–water partition coefficient (Wildman–Crippen LogP) is 3.54. The van der Waals surface area contributed by atoms with E-state index in [9.17, 15) is 0 Å². The number of aromatic nitrogens is 3. The molecule has 1 unspecified atom stereocenters. The van der Waals surface area contributed by atoms with Gasteiger partial charge in [0, 0.05) is 25.0 Å². The molecule has 1 saturated carbocycles. The molecule has 114 valence electrons. The largest absolute Gasteiger partial charge is 0.369 e. The van der Waals surface area contributed by atoms with Crippen LogP contribution in [0.25, 0.3) is 5.65 Å². The Balaban J connectivity index is 1.93. The lowest BCUT2D eigenvalue weighted by atomic mass is 9.73. The molecule has 1 fully saturated rings. The summed E-state index contributed by atoms with van der Waals surface area (Å²) in [4.78, 5) is 9.16. The maximum atomic E-state index is 4.72. The Morgan fingerprint density at radius 1 is 1.38 bits per heavy atom. The lowest BCUT2D eigenvalue weighted by Crippen LogP contribution is -2.39. The van der Waals surface area contributed by atoms with Gasteiger partial charge in [-0.2, -0.15) is 0 Å². The first kappa shape index (κ1) is 14.2. The Kier molecular flexibility index (Phi) is 3.74. The highest BCUT2D eigenvalue weighted by Gasteiger charge is 2.32. The first-order valence-electron chi connectivity index (χ1n) is 7.94. The van der Waals surface area contributed by atoms with Gasteiger partial charge in [0.25, 0.3) is 0 Å². The van der Waals surface area contributed by atoms with Gasteiger partial charge in [-0.25, -0.2) is 9.97 Å². The van der Waals surface area contributed by atoms with Crippen LogP contribution in [0, 0.1) is 5.41 Å². The summed E-state index contributed by atoms with van der Waals surface area (Å²) in [5.41, 5.74) is 1.20. The third kappa shape index (κ3) is 2.82. The van der Waals surface area contributed by atoms with Crippen LogP contribution in [0.1, 0.15) is 46.5 Å². The van der Waals surface area contributed by atoms with E-state index < -0.39 is 0 Å². The second kappa shape index (κ2) is 5.54. The van der Waals surface area contributed by atoms with Crippen molar-refractivity contribution in [1.82, 2.24) is 14.4 Å². The minimum Gasteiger partial charge on any atom is -0.369 e. The Morgan fingerprint density at radius 3 is 3.00 bits per heavy atom. The molecule has 21 heavy (non-hydrogen) atoms. The van der Waals surface area contributed by atoms with Gasteiger partial charge in [0.15, 0.2) is 11.5 Å². The van der Waals surface area contributed by atoms with Crippen molar-refractivity contribution in [2.45, 2.75) is 52.5 Å². The van der Waals surface area contributed by atoms with Gasteiger partial charge in [-0.3, -0.25) is 0 Å². The first-order valence-corrected chi connectivity index (χ1v) is 7.94. The molecular weight excluding hydrogens is 262 g/mol. The number of rotatable bonds is 4. The second-order valence-corrected chi connectivity index (χ2v) is 6.59. The van der Waals surface area contributed by atoms with Gasteiger partial charge in [0.05, 0.1) is 6.20 Å². The second-order valence-electron chi connectivity index (χ2n) is 6.59. The van der Waals surface area contributed by atoms with E-state index in [1.807, 2.05) is 23.0 Å². The number of fused-ring (bicyclic) bond motifs is 1. The first-order chi connectivity index (χ1) is 10.1. The Morgan fingerprint density at radius 2 is 2.24 bits per heavy atom. The topological polar surface area (TPSA) is 54.2 Å². The minimum atomic E-state index is 0.303. The summed E-state index contributed by atoms with van der Waals surface area (Å²) in [5.74, 6) is 1.78. The lowest BCUT2D eigenvalue weighted by molar-refractivity contribution is 0.217. The van der Waals surface area contributed by atoms with Crippen molar-refractivity contribution in [3.63, 3.8) is 0 Å². The quantitative estimate of drug-likeness (QED) is 0.903. The number of hydrogen-bond donors (Lipinski definition) is 2. The van der Waals surface area contributed by atoms with Gasteiger partial charge < -0.3 is 15.0 Å². The molecule has 2 N–H and O–H groups in total. The maximum Gasteiger partial charge on any atom is 0.180 e. The third-order valence-electron chi connectivity index (χ3n) is 4.55. The fourth-order valence-electron chi connectivity index (χ4n) is 3.22. The van der Waals surface area contributed by atoms with Crippen molar-refractivity contribution in [3.8, 4) is 0 Å². The molecule has 2 aromatic heterocycles. The summed E-state index contributed by atoms with van der Waals surface area (Å²) in [6.45, 7) is 7.64. The Labute approximate surface area is 126 Å². The van der Waals surface area contributed by atoms with E-state index >= 15 is 0 Å². The van der Waals surface area contributed by atoms with Gasteiger partial charge >= 0.3 is 0 Å². The predicted molar refractivity (Wildman–Crippen MR) is 86.8 cm³/mol. The van der Waals surface area contributed by atoms with E-state index in [4.69, 9.17) is 4.98 Å². The van der Waals surface area contributed by atoms with Gasteiger partial charge in [0.1, 0.15) is 5.82 Å². The number of imidazole rings is 1. The zero-order chi connectivity index (χ0) is 14.9. The zero-order valence-corrected chi connectivity index (χ0v) is 13.2. The fourth-order valence-corrected chi connectivity index (χ4v) is 3.22. The molecule has 3 rings (SSSR count). The van der Waals surface area contributed by atoms with Crippen LogP contribution in [0.4, 0.5) is 11.6 Å². The van der Waals surface area contributed by atoms with Crippen LogP contribution < -0.4 is 10.6 Å². The summed E-state index contributed by atoms with van der Waals surface area (Å²) >= 11 is 0. The van der Waals surface area contributed by atoms with Gasteiger partial charge in [-0.05, 0) is 25.2 Å². The average molecular weight is 287 g/mol. The molecule has 0 radical (unpaired) electrons. The molecule has 0 aromatic carbocycles. The fraction of sp³-hybridized carbons (Fsp3) is 0.625. The van der Waals surface area contributed by atoms with Crippen molar-refractivity contribution in [2.75, 3.05) is 17.2 Å². The van der Waals surface area contributed by atoms with Crippen LogP contribution in [-0.2, 0) is 0 Å². The van der Waals surface area contributed by atoms with Crippen molar-refractivity contribution < 1.29 is 0 Å². The highest BCUT2D eigenvalue weighted by atomic mass is 15.2. The van der Waals surface area contributed by atoms with E-state index in [0.717, 1.165) is 23.8 Å². The molecule has 2 aromatic rings. The molecule has 5 nitrogen and oxygen atoms in total. The van der Waals surface area contributed by atoms with Crippen LogP contribution in [0.15, 0.2) is 18.6 Å². The SMILES string of the molecule is CCNc1cn2ccnc2c(NC2CCCCC2(C)C)n1. The molecule has 5 heteroatoms. The molecule has 1 atom stereocenters. The smallest absolute Gasteiger partial charge is 0.180 e. The third-order valence-corrected chi connectivity index (χ3v) is 4.55. The standard InChI is InChI=1S/C16H25N5/c1-4-17-13-11-21-10-9-18-15(21)14(20-13)19-12-7-5-6-8-16(12,2)3/h9-12,17H,4-8H2,1-3H3,(H,19,20). The summed E-state index contributed by atoms with van der Waals surface area (Å²) in [7, 11) is 0. The zero-order valence-electron chi connectivity index (χ0n) is 13.2. The molecule has 0 bridgehead atoms. The normalized spacial score (nSPS) is 21.4. The molecule has 1 aliphatic rings. The number of nitrogens with one attached hydrogen (secondary N) is 2. The number of hydrogen-bond acceptors (Lipinski definition) is 4. The summed E-state index contributed by atoms with van der Waals surface area (Å²) in [5, 5.41) is 6.95. The van der Waals surface area contributed by atoms with Crippen LogP contribution in [-0.4, -0.2) is 27.0 Å². The van der Waals surface area contributed by atoms with E-state index in [2.05, 4.69) is 36.4 Å². The highest BCUT2D eigenvalue weighted by molar-refractivity contribution is 5.65. The molecule has 0 aliphatic heterocycles. The van der Waals surface area contributed by atoms with E-state index in [0.29, 0.717) is 11.5 Å². The van der Waals surface area contributed by atoms with Crippen molar-refractivity contribution in [1.29, 1.82) is 0 Å². The summed E-state index contributed by atoms with van der Waals surface area (Å²) in [6.07, 6.45) is 10.9. The molecule has 0 spiro atoms. The Bertz CT molecular complexity index is 616. The molecule has 0 amide bonds. The summed E-state index contributed by atoms with van der Waals surface area (Å²) < 4.78 is 2.03.